The van der Waals surface area contributed by atoms with Crippen LogP contribution < -0.4 is 20.7 Å². The second kappa shape index (κ2) is 10.0. The first kappa shape index (κ1) is 17.3. The average molecular weight is 295 g/mol. The molecule has 0 aliphatic rings. The predicted octanol–water partition coefficient (Wildman–Crippen LogP) is 0.724. The summed E-state index contributed by atoms with van der Waals surface area (Å²) in [6.07, 6.45) is -0.588. The van der Waals surface area contributed by atoms with Crippen molar-refractivity contribution in [1.29, 1.82) is 0 Å². The average Bonchev–Trinajstić information content (AvgIpc) is 2.45. The number of aliphatic hydroxyl groups excluding tert-OH is 1. The van der Waals surface area contributed by atoms with Crippen molar-refractivity contribution in [2.45, 2.75) is 26.0 Å². The van der Waals surface area contributed by atoms with Gasteiger partial charge in [-0.05, 0) is 26.0 Å². The summed E-state index contributed by atoms with van der Waals surface area (Å²) in [5.74, 6) is 0.739. The van der Waals surface area contributed by atoms with E-state index in [1.807, 2.05) is 44.2 Å². The zero-order chi connectivity index (χ0) is 15.5. The third-order valence-corrected chi connectivity index (χ3v) is 2.57. The van der Waals surface area contributed by atoms with Crippen LogP contribution in [0.5, 0.6) is 5.75 Å². The number of rotatable bonds is 9. The molecule has 0 saturated carbocycles. The third kappa shape index (κ3) is 8.88. The Morgan fingerprint density at radius 1 is 1.24 bits per heavy atom. The highest BCUT2D eigenvalue weighted by Gasteiger charge is 2.05. The molecule has 0 fully saturated rings. The van der Waals surface area contributed by atoms with Gasteiger partial charge in [0, 0.05) is 25.7 Å². The molecular weight excluding hydrogens is 270 g/mol. The second-order valence-corrected chi connectivity index (χ2v) is 5.04. The Kier molecular flexibility index (Phi) is 8.23. The Morgan fingerprint density at radius 3 is 2.62 bits per heavy atom. The Bertz CT molecular complexity index is 398. The number of carbonyl (C=O) groups is 1. The lowest BCUT2D eigenvalue weighted by Gasteiger charge is -2.14. The monoisotopic (exact) mass is 295 g/mol. The van der Waals surface area contributed by atoms with E-state index in [0.29, 0.717) is 19.6 Å². The van der Waals surface area contributed by atoms with Crippen LogP contribution in [0.1, 0.15) is 13.8 Å². The minimum absolute atomic E-state index is 0.120. The predicted molar refractivity (Wildman–Crippen MR) is 82.5 cm³/mol. The molecule has 0 bridgehead atoms. The molecule has 0 radical (unpaired) electrons. The lowest BCUT2D eigenvalue weighted by Crippen LogP contribution is -2.43. The Morgan fingerprint density at radius 2 is 1.95 bits per heavy atom. The maximum Gasteiger partial charge on any atom is 0.315 e. The molecule has 4 N–H and O–H groups in total. The van der Waals surface area contributed by atoms with Gasteiger partial charge in [-0.1, -0.05) is 18.2 Å². The van der Waals surface area contributed by atoms with Crippen molar-refractivity contribution in [1.82, 2.24) is 16.0 Å². The van der Waals surface area contributed by atoms with Gasteiger partial charge in [0.2, 0.25) is 0 Å². The molecule has 1 rings (SSSR count). The SMILES string of the molecule is CC(C)NC(=O)NCCNC[C@H](O)COc1ccccc1. The fourth-order valence-corrected chi connectivity index (χ4v) is 1.61. The van der Waals surface area contributed by atoms with Crippen LogP contribution in [0, 0.1) is 0 Å². The van der Waals surface area contributed by atoms with Gasteiger partial charge >= 0.3 is 6.03 Å². The van der Waals surface area contributed by atoms with E-state index in [2.05, 4.69) is 16.0 Å². The molecule has 0 heterocycles. The minimum Gasteiger partial charge on any atom is -0.491 e. The Hall–Kier alpha value is -1.79. The van der Waals surface area contributed by atoms with Crippen LogP contribution in [0.25, 0.3) is 0 Å². The summed E-state index contributed by atoms with van der Waals surface area (Å²) in [5, 5.41) is 18.3. The zero-order valence-corrected chi connectivity index (χ0v) is 12.6. The topological polar surface area (TPSA) is 82.6 Å². The summed E-state index contributed by atoms with van der Waals surface area (Å²) in [5.41, 5.74) is 0. The molecule has 0 aromatic heterocycles. The highest BCUT2D eigenvalue weighted by molar-refractivity contribution is 5.74. The normalized spacial score (nSPS) is 12.0. The number of hydrogen-bond donors (Lipinski definition) is 4. The Labute approximate surface area is 125 Å². The quantitative estimate of drug-likeness (QED) is 0.506. The van der Waals surface area contributed by atoms with Crippen molar-refractivity contribution in [3.05, 3.63) is 30.3 Å². The van der Waals surface area contributed by atoms with Crippen LogP contribution in [-0.4, -0.2) is 49.5 Å². The molecular formula is C15H25N3O3. The molecule has 118 valence electrons. The molecule has 0 unspecified atom stereocenters. The summed E-state index contributed by atoms with van der Waals surface area (Å²) >= 11 is 0. The van der Waals surface area contributed by atoms with Gasteiger partial charge in [0.05, 0.1) is 0 Å². The number of carbonyl (C=O) groups excluding carboxylic acids is 1. The van der Waals surface area contributed by atoms with Gasteiger partial charge in [0.25, 0.3) is 0 Å². The maximum absolute atomic E-state index is 11.3. The van der Waals surface area contributed by atoms with Crippen LogP contribution in [0.3, 0.4) is 0 Å². The van der Waals surface area contributed by atoms with E-state index in [9.17, 15) is 9.90 Å². The van der Waals surface area contributed by atoms with Crippen molar-refractivity contribution in [2.24, 2.45) is 0 Å². The number of para-hydroxylation sites is 1. The van der Waals surface area contributed by atoms with Gasteiger partial charge in [-0.15, -0.1) is 0 Å². The minimum atomic E-state index is -0.588. The van der Waals surface area contributed by atoms with Gasteiger partial charge in [0.1, 0.15) is 18.5 Å². The first-order valence-corrected chi connectivity index (χ1v) is 7.19. The van der Waals surface area contributed by atoms with Crippen molar-refractivity contribution < 1.29 is 14.6 Å². The summed E-state index contributed by atoms with van der Waals surface area (Å²) in [6.45, 7) is 5.55. The van der Waals surface area contributed by atoms with Crippen molar-refractivity contribution >= 4 is 6.03 Å². The molecule has 1 aromatic carbocycles. The molecule has 6 heteroatoms. The number of ether oxygens (including phenoxy) is 1. The third-order valence-electron chi connectivity index (χ3n) is 2.57. The molecule has 0 saturated heterocycles. The summed E-state index contributed by atoms with van der Waals surface area (Å²) in [7, 11) is 0. The summed E-state index contributed by atoms with van der Waals surface area (Å²) < 4.78 is 5.44. The standard InChI is InChI=1S/C15H25N3O3/c1-12(2)18-15(20)17-9-8-16-10-13(19)11-21-14-6-4-3-5-7-14/h3-7,12-13,16,19H,8-11H2,1-2H3,(H2,17,18,20)/t13-/m0/s1. The summed E-state index contributed by atoms with van der Waals surface area (Å²) in [6, 6.07) is 9.30. The van der Waals surface area contributed by atoms with Crippen LogP contribution in [0.15, 0.2) is 30.3 Å². The molecule has 1 aromatic rings. The van der Waals surface area contributed by atoms with E-state index in [1.165, 1.54) is 0 Å². The molecule has 0 aliphatic heterocycles. The molecule has 21 heavy (non-hydrogen) atoms. The number of aliphatic hydroxyl groups is 1. The molecule has 2 amide bonds. The maximum atomic E-state index is 11.3. The van der Waals surface area contributed by atoms with E-state index in [1.54, 1.807) is 0 Å². The number of urea groups is 1. The lowest BCUT2D eigenvalue weighted by atomic mass is 10.3. The highest BCUT2D eigenvalue weighted by atomic mass is 16.5. The molecule has 0 spiro atoms. The van der Waals surface area contributed by atoms with Crippen molar-refractivity contribution in [3.63, 3.8) is 0 Å². The molecule has 6 nitrogen and oxygen atoms in total. The largest absolute Gasteiger partial charge is 0.491 e. The number of benzene rings is 1. The fourth-order valence-electron chi connectivity index (χ4n) is 1.61. The van der Waals surface area contributed by atoms with Gasteiger partial charge in [-0.3, -0.25) is 0 Å². The number of hydrogen-bond acceptors (Lipinski definition) is 4. The highest BCUT2D eigenvalue weighted by Crippen LogP contribution is 2.08. The molecule has 0 aliphatic carbocycles. The summed E-state index contributed by atoms with van der Waals surface area (Å²) in [4.78, 5) is 11.3. The van der Waals surface area contributed by atoms with Crippen molar-refractivity contribution in [3.8, 4) is 5.75 Å². The van der Waals surface area contributed by atoms with Crippen LogP contribution in [0.2, 0.25) is 0 Å². The first-order chi connectivity index (χ1) is 10.1. The van der Waals surface area contributed by atoms with E-state index in [-0.39, 0.29) is 18.7 Å². The number of nitrogens with one attached hydrogen (secondary N) is 3. The van der Waals surface area contributed by atoms with E-state index in [0.717, 1.165) is 5.75 Å². The van der Waals surface area contributed by atoms with Gasteiger partial charge in [0.15, 0.2) is 0 Å². The van der Waals surface area contributed by atoms with Gasteiger partial charge in [-0.2, -0.15) is 0 Å². The lowest BCUT2D eigenvalue weighted by molar-refractivity contribution is 0.106. The van der Waals surface area contributed by atoms with E-state index < -0.39 is 6.10 Å². The van der Waals surface area contributed by atoms with Crippen LogP contribution in [0.4, 0.5) is 4.79 Å². The van der Waals surface area contributed by atoms with Crippen molar-refractivity contribution in [2.75, 3.05) is 26.2 Å². The smallest absolute Gasteiger partial charge is 0.315 e. The van der Waals surface area contributed by atoms with Gasteiger partial charge in [-0.25, -0.2) is 4.79 Å². The molecule has 1 atom stereocenters. The van der Waals surface area contributed by atoms with E-state index >= 15 is 0 Å². The van der Waals surface area contributed by atoms with Gasteiger partial charge < -0.3 is 25.8 Å². The van der Waals surface area contributed by atoms with Crippen LogP contribution in [-0.2, 0) is 0 Å². The van der Waals surface area contributed by atoms with Crippen LogP contribution >= 0.6 is 0 Å². The zero-order valence-electron chi connectivity index (χ0n) is 12.6. The number of amides is 2. The Balaban J connectivity index is 2.01. The second-order valence-electron chi connectivity index (χ2n) is 5.04. The first-order valence-electron chi connectivity index (χ1n) is 7.19. The van der Waals surface area contributed by atoms with E-state index in [4.69, 9.17) is 4.74 Å². The fraction of sp³-hybridized carbons (Fsp3) is 0.533.